The van der Waals surface area contributed by atoms with Crippen LogP contribution in [0.3, 0.4) is 0 Å². The van der Waals surface area contributed by atoms with E-state index in [4.69, 9.17) is 17.3 Å². The zero-order chi connectivity index (χ0) is 14.7. The second-order valence-electron chi connectivity index (χ2n) is 5.41. The molecule has 2 aromatic rings. The number of nitrogen functional groups attached to an aromatic ring is 1. The van der Waals surface area contributed by atoms with Crippen molar-refractivity contribution in [1.82, 2.24) is 4.90 Å². The fourth-order valence-corrected chi connectivity index (χ4v) is 3.01. The molecule has 110 valence electrons. The lowest BCUT2D eigenvalue weighted by molar-refractivity contribution is 0.250. The lowest BCUT2D eigenvalue weighted by Crippen LogP contribution is -2.46. The molecule has 0 atom stereocenters. The third-order valence-electron chi connectivity index (χ3n) is 4.03. The van der Waals surface area contributed by atoms with Crippen LogP contribution in [0.4, 0.5) is 11.4 Å². The van der Waals surface area contributed by atoms with Crippen LogP contribution in [0, 0.1) is 0 Å². The summed E-state index contributed by atoms with van der Waals surface area (Å²) in [5, 5.41) is 0.764. The highest BCUT2D eigenvalue weighted by Gasteiger charge is 2.18. The normalized spacial score (nSPS) is 16.1. The van der Waals surface area contributed by atoms with Crippen molar-refractivity contribution in [1.29, 1.82) is 0 Å². The van der Waals surface area contributed by atoms with Gasteiger partial charge in [-0.05, 0) is 24.3 Å². The van der Waals surface area contributed by atoms with E-state index in [1.807, 2.05) is 18.2 Å². The molecule has 1 aliphatic heterocycles. The van der Waals surface area contributed by atoms with Crippen molar-refractivity contribution in [3.8, 4) is 0 Å². The summed E-state index contributed by atoms with van der Waals surface area (Å²) < 4.78 is 0. The SMILES string of the molecule is Nc1cccc(Cl)c1CN1CCN(c2ccccc2)CC1. The first-order valence-electron chi connectivity index (χ1n) is 7.29. The quantitative estimate of drug-likeness (QED) is 0.883. The van der Waals surface area contributed by atoms with E-state index in [1.165, 1.54) is 5.69 Å². The first-order chi connectivity index (χ1) is 10.2. The number of piperazine rings is 1. The van der Waals surface area contributed by atoms with E-state index in [9.17, 15) is 0 Å². The molecular formula is C17H20ClN3. The summed E-state index contributed by atoms with van der Waals surface area (Å²) in [7, 11) is 0. The number of benzene rings is 2. The van der Waals surface area contributed by atoms with Crippen LogP contribution in [0.2, 0.25) is 5.02 Å². The molecule has 21 heavy (non-hydrogen) atoms. The van der Waals surface area contributed by atoms with Crippen LogP contribution in [-0.4, -0.2) is 31.1 Å². The lowest BCUT2D eigenvalue weighted by Gasteiger charge is -2.36. The summed E-state index contributed by atoms with van der Waals surface area (Å²) in [6.07, 6.45) is 0. The van der Waals surface area contributed by atoms with Gasteiger partial charge >= 0.3 is 0 Å². The predicted molar refractivity (Wildman–Crippen MR) is 89.8 cm³/mol. The molecule has 1 heterocycles. The van der Waals surface area contributed by atoms with E-state index in [0.717, 1.165) is 49.0 Å². The Labute approximate surface area is 130 Å². The fraction of sp³-hybridized carbons (Fsp3) is 0.294. The van der Waals surface area contributed by atoms with Gasteiger partial charge in [0.2, 0.25) is 0 Å². The van der Waals surface area contributed by atoms with E-state index in [2.05, 4.69) is 40.1 Å². The number of anilines is 2. The van der Waals surface area contributed by atoms with Crippen molar-refractivity contribution < 1.29 is 0 Å². The van der Waals surface area contributed by atoms with Gasteiger partial charge in [-0.1, -0.05) is 35.9 Å². The van der Waals surface area contributed by atoms with Crippen molar-refractivity contribution in [2.75, 3.05) is 36.8 Å². The van der Waals surface area contributed by atoms with Gasteiger partial charge in [-0.25, -0.2) is 0 Å². The zero-order valence-electron chi connectivity index (χ0n) is 12.0. The minimum absolute atomic E-state index is 0.764. The van der Waals surface area contributed by atoms with Crippen molar-refractivity contribution in [2.45, 2.75) is 6.54 Å². The van der Waals surface area contributed by atoms with Crippen molar-refractivity contribution in [3.05, 3.63) is 59.1 Å². The summed E-state index contributed by atoms with van der Waals surface area (Å²) in [6, 6.07) is 16.3. The highest BCUT2D eigenvalue weighted by Crippen LogP contribution is 2.24. The van der Waals surface area contributed by atoms with E-state index in [0.29, 0.717) is 0 Å². The van der Waals surface area contributed by atoms with Gasteiger partial charge in [0.05, 0.1) is 0 Å². The molecule has 0 aromatic heterocycles. The largest absolute Gasteiger partial charge is 0.398 e. The molecule has 0 saturated carbocycles. The molecule has 0 amide bonds. The van der Waals surface area contributed by atoms with Gasteiger partial charge in [-0.3, -0.25) is 4.90 Å². The maximum absolute atomic E-state index is 6.26. The number of rotatable bonds is 3. The molecular weight excluding hydrogens is 282 g/mol. The van der Waals surface area contributed by atoms with Gasteiger partial charge in [0.25, 0.3) is 0 Å². The Morgan fingerprint density at radius 3 is 2.29 bits per heavy atom. The predicted octanol–water partition coefficient (Wildman–Crippen LogP) is 3.24. The topological polar surface area (TPSA) is 32.5 Å². The Bertz CT molecular complexity index is 572. The standard InChI is InChI=1S/C17H20ClN3/c18-16-7-4-8-17(19)15(16)13-20-9-11-21(12-10-20)14-5-2-1-3-6-14/h1-8H,9-13,19H2. The van der Waals surface area contributed by atoms with Crippen LogP contribution >= 0.6 is 11.6 Å². The van der Waals surface area contributed by atoms with Crippen molar-refractivity contribution in [2.24, 2.45) is 0 Å². The second-order valence-corrected chi connectivity index (χ2v) is 5.81. The number of hydrogen-bond donors (Lipinski definition) is 1. The molecule has 1 fully saturated rings. The lowest BCUT2D eigenvalue weighted by atomic mass is 10.1. The average Bonchev–Trinajstić information content (AvgIpc) is 2.53. The first-order valence-corrected chi connectivity index (χ1v) is 7.67. The Morgan fingerprint density at radius 2 is 1.62 bits per heavy atom. The third-order valence-corrected chi connectivity index (χ3v) is 4.38. The first kappa shape index (κ1) is 14.2. The Hall–Kier alpha value is -1.71. The Balaban J connectivity index is 1.62. The number of nitrogens with zero attached hydrogens (tertiary/aromatic N) is 2. The van der Waals surface area contributed by atoms with Crippen LogP contribution in [0.1, 0.15) is 5.56 Å². The van der Waals surface area contributed by atoms with Crippen molar-refractivity contribution >= 4 is 23.0 Å². The van der Waals surface area contributed by atoms with Gasteiger partial charge in [-0.15, -0.1) is 0 Å². The van der Waals surface area contributed by atoms with E-state index < -0.39 is 0 Å². The van der Waals surface area contributed by atoms with Gasteiger partial charge < -0.3 is 10.6 Å². The molecule has 2 aromatic carbocycles. The molecule has 0 spiro atoms. The molecule has 0 aliphatic carbocycles. The molecule has 3 nitrogen and oxygen atoms in total. The maximum atomic E-state index is 6.26. The summed E-state index contributed by atoms with van der Waals surface area (Å²) in [6.45, 7) is 4.95. The van der Waals surface area contributed by atoms with Crippen LogP contribution in [0.25, 0.3) is 0 Å². The second kappa shape index (κ2) is 6.37. The monoisotopic (exact) mass is 301 g/mol. The van der Waals surface area contributed by atoms with Crippen molar-refractivity contribution in [3.63, 3.8) is 0 Å². The van der Waals surface area contributed by atoms with Gasteiger partial charge in [0, 0.05) is 54.7 Å². The van der Waals surface area contributed by atoms with Crippen LogP contribution < -0.4 is 10.6 Å². The molecule has 0 radical (unpaired) electrons. The molecule has 0 bridgehead atoms. The number of hydrogen-bond acceptors (Lipinski definition) is 3. The molecule has 2 N–H and O–H groups in total. The third kappa shape index (κ3) is 3.31. The van der Waals surface area contributed by atoms with E-state index in [-0.39, 0.29) is 0 Å². The summed E-state index contributed by atoms with van der Waals surface area (Å²) >= 11 is 6.26. The number of para-hydroxylation sites is 1. The maximum Gasteiger partial charge on any atom is 0.0471 e. The van der Waals surface area contributed by atoms with Gasteiger partial charge in [0.1, 0.15) is 0 Å². The molecule has 1 saturated heterocycles. The molecule has 0 unspecified atom stereocenters. The number of nitrogens with two attached hydrogens (primary N) is 1. The van der Waals surface area contributed by atoms with Crippen LogP contribution in [-0.2, 0) is 6.54 Å². The Morgan fingerprint density at radius 1 is 0.905 bits per heavy atom. The summed E-state index contributed by atoms with van der Waals surface area (Å²) in [5.41, 5.74) is 9.17. The molecule has 3 rings (SSSR count). The summed E-state index contributed by atoms with van der Waals surface area (Å²) in [4.78, 5) is 4.84. The van der Waals surface area contributed by atoms with E-state index >= 15 is 0 Å². The van der Waals surface area contributed by atoms with Gasteiger partial charge in [-0.2, -0.15) is 0 Å². The van der Waals surface area contributed by atoms with Crippen LogP contribution in [0.15, 0.2) is 48.5 Å². The zero-order valence-corrected chi connectivity index (χ0v) is 12.8. The average molecular weight is 302 g/mol. The number of halogens is 1. The highest BCUT2D eigenvalue weighted by molar-refractivity contribution is 6.31. The highest BCUT2D eigenvalue weighted by atomic mass is 35.5. The van der Waals surface area contributed by atoms with E-state index in [1.54, 1.807) is 0 Å². The van der Waals surface area contributed by atoms with Crippen LogP contribution in [0.5, 0.6) is 0 Å². The Kier molecular flexibility index (Phi) is 4.32. The minimum Gasteiger partial charge on any atom is -0.398 e. The fourth-order valence-electron chi connectivity index (χ4n) is 2.77. The molecule has 1 aliphatic rings. The summed E-state index contributed by atoms with van der Waals surface area (Å²) in [5.74, 6) is 0. The van der Waals surface area contributed by atoms with Gasteiger partial charge in [0.15, 0.2) is 0 Å². The molecule has 4 heteroatoms. The minimum atomic E-state index is 0.764. The smallest absolute Gasteiger partial charge is 0.0471 e.